The lowest BCUT2D eigenvalue weighted by atomic mass is 9.88. The predicted octanol–water partition coefficient (Wildman–Crippen LogP) is 5.42. The Morgan fingerprint density at radius 2 is 1.82 bits per heavy atom. The Morgan fingerprint density at radius 3 is 2.36 bits per heavy atom. The van der Waals surface area contributed by atoms with Crippen molar-refractivity contribution in [3.63, 3.8) is 0 Å². The minimum atomic E-state index is -4.95. The topological polar surface area (TPSA) is 146 Å². The van der Waals surface area contributed by atoms with Crippen LogP contribution in [-0.4, -0.2) is 55.3 Å². The molecule has 2 aromatic heterocycles. The van der Waals surface area contributed by atoms with Gasteiger partial charge in [-0.1, -0.05) is 32.4 Å². The fourth-order valence-electron chi connectivity index (χ4n) is 5.52. The number of imidazole rings is 1. The van der Waals surface area contributed by atoms with Crippen LogP contribution in [-0.2, 0) is 18.0 Å². The number of hydrogen-bond acceptors (Lipinski definition) is 6. The Morgan fingerprint density at radius 1 is 1.16 bits per heavy atom. The third-order valence-corrected chi connectivity index (χ3v) is 8.29. The van der Waals surface area contributed by atoms with Crippen LogP contribution < -0.4 is 16.4 Å². The number of nitrogens with two attached hydrogens (primary N) is 1. The number of amides is 3. The van der Waals surface area contributed by atoms with Gasteiger partial charge in [-0.3, -0.25) is 14.3 Å². The molecule has 2 saturated carbocycles. The number of alkyl halides is 5. The zero-order valence-corrected chi connectivity index (χ0v) is 25.2. The van der Waals surface area contributed by atoms with Gasteiger partial charge < -0.3 is 25.7 Å². The summed E-state index contributed by atoms with van der Waals surface area (Å²) in [5.74, 6) is -4.87. The highest BCUT2D eigenvalue weighted by Crippen LogP contribution is 2.56. The first-order chi connectivity index (χ1) is 20.7. The lowest BCUT2D eigenvalue weighted by Crippen LogP contribution is -2.40. The number of primary amides is 1. The van der Waals surface area contributed by atoms with Crippen molar-refractivity contribution in [3.8, 4) is 11.3 Å². The van der Waals surface area contributed by atoms with Crippen LogP contribution in [0.5, 0.6) is 0 Å². The highest BCUT2D eigenvalue weighted by atomic mass is 35.5. The van der Waals surface area contributed by atoms with Crippen molar-refractivity contribution in [2.75, 3.05) is 11.9 Å². The molecule has 1 aromatic carbocycles. The van der Waals surface area contributed by atoms with Crippen molar-refractivity contribution < 1.29 is 41.1 Å². The van der Waals surface area contributed by atoms with E-state index in [9.17, 15) is 36.3 Å². The third-order valence-electron chi connectivity index (χ3n) is 7.97. The third kappa shape index (κ3) is 6.32. The molecule has 5 rings (SSSR count). The normalized spacial score (nSPS) is 22.1. The summed E-state index contributed by atoms with van der Waals surface area (Å²) in [5.41, 5.74) is 2.24. The Kier molecular flexibility index (Phi) is 7.66. The molecule has 3 amide bonds. The maximum absolute atomic E-state index is 13.7. The summed E-state index contributed by atoms with van der Waals surface area (Å²) in [7, 11) is 1.29. The summed E-state index contributed by atoms with van der Waals surface area (Å²) in [6, 6.07) is 2.54. The number of carbonyl (C=O) groups excluding carboxylic acids is 3. The molecule has 2 aliphatic carbocycles. The Hall–Kier alpha value is -4.21. The molecule has 3 unspecified atom stereocenters. The second-order valence-corrected chi connectivity index (χ2v) is 12.7. The molecule has 0 bridgehead atoms. The Labute approximate surface area is 258 Å². The van der Waals surface area contributed by atoms with Gasteiger partial charge in [0.15, 0.2) is 11.5 Å². The number of nitrogens with zero attached hydrogens (tertiary/aromatic N) is 4. The van der Waals surface area contributed by atoms with Crippen LogP contribution in [0.4, 0.5) is 32.4 Å². The molecule has 2 heterocycles. The second kappa shape index (κ2) is 10.7. The molecule has 11 nitrogen and oxygen atoms in total. The smallest absolute Gasteiger partial charge is 0.435 e. The summed E-state index contributed by atoms with van der Waals surface area (Å²) >= 11 is 6.33. The molecule has 3 aromatic rings. The quantitative estimate of drug-likeness (QED) is 0.276. The Bertz CT molecular complexity index is 1700. The largest absolute Gasteiger partial charge is 0.441 e. The molecule has 45 heavy (non-hydrogen) atoms. The van der Waals surface area contributed by atoms with Crippen molar-refractivity contribution in [1.29, 1.82) is 0 Å². The zero-order valence-electron chi connectivity index (χ0n) is 24.4. The van der Waals surface area contributed by atoms with E-state index >= 15 is 0 Å². The number of nitrogens with one attached hydrogen (secondary N) is 2. The summed E-state index contributed by atoms with van der Waals surface area (Å²) in [5, 5.41) is 8.56. The van der Waals surface area contributed by atoms with Gasteiger partial charge in [0.05, 0.1) is 34.6 Å². The maximum Gasteiger partial charge on any atom is 0.435 e. The van der Waals surface area contributed by atoms with Gasteiger partial charge in [0.2, 0.25) is 0 Å². The van der Waals surface area contributed by atoms with Gasteiger partial charge in [-0.2, -0.15) is 18.3 Å². The minimum absolute atomic E-state index is 0.00502. The van der Waals surface area contributed by atoms with Gasteiger partial charge in [-0.05, 0) is 30.0 Å². The van der Waals surface area contributed by atoms with Crippen molar-refractivity contribution >= 4 is 35.2 Å². The van der Waals surface area contributed by atoms with Gasteiger partial charge in [0.1, 0.15) is 11.6 Å². The van der Waals surface area contributed by atoms with Crippen LogP contribution >= 0.6 is 11.6 Å². The van der Waals surface area contributed by atoms with Crippen LogP contribution in [0.2, 0.25) is 5.02 Å². The molecule has 0 aliphatic heterocycles. The number of aromatic nitrogens is 4. The molecule has 4 N–H and O–H groups in total. The summed E-state index contributed by atoms with van der Waals surface area (Å²) in [6.45, 7) is 5.94. The van der Waals surface area contributed by atoms with Crippen molar-refractivity contribution in [2.24, 2.45) is 24.1 Å². The van der Waals surface area contributed by atoms with Gasteiger partial charge in [-0.15, -0.1) is 0 Å². The first-order valence-electron chi connectivity index (χ1n) is 13.7. The average molecular weight is 658 g/mol. The van der Waals surface area contributed by atoms with E-state index in [0.717, 1.165) is 17.0 Å². The number of anilines is 1. The summed E-state index contributed by atoms with van der Waals surface area (Å²) in [6.07, 6.45) is -4.14. The molecular formula is C28H29ClF5N7O4. The van der Waals surface area contributed by atoms with Crippen LogP contribution in [0.1, 0.15) is 66.3 Å². The SMILES string of the molecule is Cn1c(-c2cn(C3CC3(F)F)nc2C(F)(F)F)cnc1C(=O)Nc1ccc(C(=O)NCC2(OC(N)=O)CC2C(C)(C)C)c(Cl)c1. The number of hydrogen-bond donors (Lipinski definition) is 3. The van der Waals surface area contributed by atoms with E-state index < -0.39 is 59.3 Å². The molecule has 0 saturated heterocycles. The lowest BCUT2D eigenvalue weighted by Gasteiger charge is -2.25. The fourth-order valence-corrected chi connectivity index (χ4v) is 5.79. The van der Waals surface area contributed by atoms with E-state index in [-0.39, 0.29) is 45.7 Å². The van der Waals surface area contributed by atoms with E-state index in [1.165, 1.54) is 25.2 Å². The first kappa shape index (κ1) is 32.2. The van der Waals surface area contributed by atoms with Gasteiger partial charge in [-0.25, -0.2) is 18.6 Å². The van der Waals surface area contributed by atoms with Crippen LogP contribution in [0.25, 0.3) is 11.3 Å². The zero-order chi connectivity index (χ0) is 33.3. The molecule has 17 heteroatoms. The molecule has 0 radical (unpaired) electrons. The van der Waals surface area contributed by atoms with E-state index in [1.54, 1.807) is 0 Å². The van der Waals surface area contributed by atoms with Gasteiger partial charge in [0, 0.05) is 31.3 Å². The van der Waals surface area contributed by atoms with Crippen molar-refractivity contribution in [3.05, 3.63) is 52.7 Å². The maximum atomic E-state index is 13.7. The van der Waals surface area contributed by atoms with Gasteiger partial charge in [0.25, 0.3) is 17.7 Å². The van der Waals surface area contributed by atoms with E-state index in [0.29, 0.717) is 11.1 Å². The molecule has 0 spiro atoms. The van der Waals surface area contributed by atoms with E-state index in [2.05, 4.69) is 20.7 Å². The van der Waals surface area contributed by atoms with Crippen molar-refractivity contribution in [1.82, 2.24) is 24.6 Å². The fraction of sp³-hybridized carbons (Fsp3) is 0.464. The minimum Gasteiger partial charge on any atom is -0.441 e. The Balaban J connectivity index is 1.29. The molecule has 2 aliphatic rings. The van der Waals surface area contributed by atoms with E-state index in [4.69, 9.17) is 22.1 Å². The molecule has 3 atom stereocenters. The van der Waals surface area contributed by atoms with Crippen molar-refractivity contribution in [2.45, 2.75) is 57.4 Å². The summed E-state index contributed by atoms with van der Waals surface area (Å²) < 4.78 is 75.2. The number of benzene rings is 1. The molecule has 2 fully saturated rings. The van der Waals surface area contributed by atoms with Crippen LogP contribution in [0, 0.1) is 11.3 Å². The highest BCUT2D eigenvalue weighted by molar-refractivity contribution is 6.34. The van der Waals surface area contributed by atoms with Crippen LogP contribution in [0.3, 0.4) is 0 Å². The second-order valence-electron chi connectivity index (χ2n) is 12.3. The molecular weight excluding hydrogens is 629 g/mol. The average Bonchev–Trinajstić information content (AvgIpc) is 3.62. The first-order valence-corrected chi connectivity index (χ1v) is 14.0. The standard InChI is InChI=1S/C28H29ClF5N7O4/c1-25(2,3)18-8-26(18,45-24(35)44)12-37-22(42)14-6-5-13(7-16(14)29)38-23(43)21-36-10-17(40(21)4)15-11-41(19-9-27(19,30)31)39-20(15)28(32,33)34/h5-7,10-11,18-19H,8-9,12H2,1-4H3,(H2,35,44)(H,37,42)(H,38,43). The summed E-state index contributed by atoms with van der Waals surface area (Å²) in [4.78, 5) is 41.3. The number of halogens is 6. The van der Waals surface area contributed by atoms with E-state index in [1.807, 2.05) is 20.8 Å². The number of carbonyl (C=O) groups is 3. The lowest BCUT2D eigenvalue weighted by molar-refractivity contribution is -0.141. The van der Waals surface area contributed by atoms with Crippen LogP contribution in [0.15, 0.2) is 30.6 Å². The highest BCUT2D eigenvalue weighted by Gasteiger charge is 2.62. The number of rotatable bonds is 8. The number of ether oxygens (including phenoxy) is 1. The monoisotopic (exact) mass is 657 g/mol. The predicted molar refractivity (Wildman–Crippen MR) is 151 cm³/mol. The van der Waals surface area contributed by atoms with Gasteiger partial charge >= 0.3 is 12.3 Å². The molecule has 242 valence electrons.